The van der Waals surface area contributed by atoms with Crippen LogP contribution in [0.4, 0.5) is 0 Å². The fourth-order valence-electron chi connectivity index (χ4n) is 2.05. The summed E-state index contributed by atoms with van der Waals surface area (Å²) in [6, 6.07) is 13.9. The van der Waals surface area contributed by atoms with Crippen LogP contribution in [0, 0.1) is 0 Å². The molecule has 1 aromatic heterocycles. The summed E-state index contributed by atoms with van der Waals surface area (Å²) < 4.78 is 10.5. The molecule has 3 rings (SSSR count). The van der Waals surface area contributed by atoms with Crippen molar-refractivity contribution in [2.75, 3.05) is 14.2 Å². The van der Waals surface area contributed by atoms with E-state index in [0.29, 0.717) is 0 Å². The number of pyridine rings is 1. The topological polar surface area (TPSA) is 31.4 Å². The van der Waals surface area contributed by atoms with Gasteiger partial charge in [-0.05, 0) is 42.5 Å². The Morgan fingerprint density at radius 3 is 1.67 bits per heavy atom. The van der Waals surface area contributed by atoms with E-state index in [1.54, 1.807) is 14.2 Å². The molecule has 3 nitrogen and oxygen atoms in total. The van der Waals surface area contributed by atoms with Crippen molar-refractivity contribution in [1.82, 2.24) is 4.98 Å². The van der Waals surface area contributed by atoms with Gasteiger partial charge in [-0.15, -0.1) is 0 Å². The lowest BCUT2D eigenvalue weighted by Crippen LogP contribution is -1.87. The van der Waals surface area contributed by atoms with Crippen molar-refractivity contribution >= 4 is 21.8 Å². The molecule has 18 heavy (non-hydrogen) atoms. The Hall–Kier alpha value is -2.29. The van der Waals surface area contributed by atoms with Crippen LogP contribution >= 0.6 is 0 Å². The van der Waals surface area contributed by atoms with Crippen LogP contribution in [-0.2, 0) is 0 Å². The average molecular weight is 239 g/mol. The van der Waals surface area contributed by atoms with Crippen LogP contribution in [0.2, 0.25) is 0 Å². The summed E-state index contributed by atoms with van der Waals surface area (Å²) in [4.78, 5) is 4.62. The monoisotopic (exact) mass is 239 g/mol. The van der Waals surface area contributed by atoms with Crippen molar-refractivity contribution < 1.29 is 9.47 Å². The maximum absolute atomic E-state index is 5.23. The lowest BCUT2D eigenvalue weighted by atomic mass is 10.1. The number of rotatable bonds is 2. The van der Waals surface area contributed by atoms with Gasteiger partial charge in [0.05, 0.1) is 25.3 Å². The summed E-state index contributed by atoms with van der Waals surface area (Å²) in [7, 11) is 3.33. The smallest absolute Gasteiger partial charge is 0.119 e. The highest BCUT2D eigenvalue weighted by molar-refractivity contribution is 5.93. The third-order valence-electron chi connectivity index (χ3n) is 3.02. The molecule has 90 valence electrons. The second-order valence-corrected chi connectivity index (χ2v) is 4.11. The number of nitrogens with zero attached hydrogens (tertiary/aromatic N) is 1. The van der Waals surface area contributed by atoms with E-state index < -0.39 is 0 Å². The predicted molar refractivity (Wildman–Crippen MR) is 72.4 cm³/mol. The van der Waals surface area contributed by atoms with Crippen molar-refractivity contribution in [2.45, 2.75) is 0 Å². The molecule has 2 aromatic carbocycles. The first kappa shape index (κ1) is 10.8. The lowest BCUT2D eigenvalue weighted by Gasteiger charge is -2.05. The van der Waals surface area contributed by atoms with Gasteiger partial charge in [0.15, 0.2) is 0 Å². The molecule has 3 heteroatoms. The molecule has 0 amide bonds. The molecule has 1 heterocycles. The number of fused-ring (bicyclic) bond motifs is 2. The van der Waals surface area contributed by atoms with E-state index in [-0.39, 0.29) is 0 Å². The van der Waals surface area contributed by atoms with Crippen LogP contribution in [0.15, 0.2) is 42.5 Å². The molecular weight excluding hydrogens is 226 g/mol. The van der Waals surface area contributed by atoms with E-state index in [4.69, 9.17) is 9.47 Å². The van der Waals surface area contributed by atoms with E-state index in [2.05, 4.69) is 11.1 Å². The maximum Gasteiger partial charge on any atom is 0.119 e. The van der Waals surface area contributed by atoms with Crippen molar-refractivity contribution in [2.24, 2.45) is 0 Å². The molecule has 0 aliphatic heterocycles. The SMILES string of the molecule is COc1ccc2nc3ccc(OC)cc3cc2c1. The van der Waals surface area contributed by atoms with Crippen LogP contribution in [0.3, 0.4) is 0 Å². The van der Waals surface area contributed by atoms with Crippen molar-refractivity contribution in [3.05, 3.63) is 42.5 Å². The van der Waals surface area contributed by atoms with Gasteiger partial charge in [0.1, 0.15) is 11.5 Å². The Kier molecular flexibility index (Phi) is 2.52. The van der Waals surface area contributed by atoms with E-state index in [0.717, 1.165) is 33.3 Å². The highest BCUT2D eigenvalue weighted by Gasteiger charge is 2.02. The van der Waals surface area contributed by atoms with Gasteiger partial charge in [0.2, 0.25) is 0 Å². The number of aromatic nitrogens is 1. The highest BCUT2D eigenvalue weighted by atomic mass is 16.5. The molecule has 0 saturated carbocycles. The fourth-order valence-corrected chi connectivity index (χ4v) is 2.05. The third-order valence-corrected chi connectivity index (χ3v) is 3.02. The number of methoxy groups -OCH3 is 2. The molecule has 0 fully saturated rings. The zero-order valence-corrected chi connectivity index (χ0v) is 10.3. The molecule has 0 aliphatic rings. The second-order valence-electron chi connectivity index (χ2n) is 4.11. The minimum atomic E-state index is 0.839. The first-order valence-corrected chi connectivity index (χ1v) is 5.73. The molecule has 0 spiro atoms. The molecule has 0 unspecified atom stereocenters. The standard InChI is InChI=1S/C15H13NO2/c1-17-12-3-5-14-10(8-12)7-11-9-13(18-2)4-6-15(11)16-14/h3-9H,1-2H3. The van der Waals surface area contributed by atoms with Gasteiger partial charge in [0, 0.05) is 10.8 Å². The van der Waals surface area contributed by atoms with Gasteiger partial charge in [-0.1, -0.05) is 0 Å². The zero-order chi connectivity index (χ0) is 12.5. The lowest BCUT2D eigenvalue weighted by molar-refractivity contribution is 0.415. The molecule has 0 saturated heterocycles. The quantitative estimate of drug-likeness (QED) is 0.642. The molecule has 0 atom stereocenters. The van der Waals surface area contributed by atoms with Crippen LogP contribution in [-0.4, -0.2) is 19.2 Å². The van der Waals surface area contributed by atoms with Gasteiger partial charge in [0.25, 0.3) is 0 Å². The summed E-state index contributed by atoms with van der Waals surface area (Å²) in [5.74, 6) is 1.68. The predicted octanol–water partition coefficient (Wildman–Crippen LogP) is 3.41. The highest BCUT2D eigenvalue weighted by Crippen LogP contribution is 2.25. The summed E-state index contributed by atoms with van der Waals surface area (Å²) in [5.41, 5.74) is 1.93. The Morgan fingerprint density at radius 2 is 1.22 bits per heavy atom. The van der Waals surface area contributed by atoms with Crippen molar-refractivity contribution in [1.29, 1.82) is 0 Å². The number of benzene rings is 2. The number of hydrogen-bond acceptors (Lipinski definition) is 3. The second kappa shape index (κ2) is 4.18. The molecule has 0 bridgehead atoms. The Labute approximate surface area is 105 Å². The third kappa shape index (κ3) is 1.74. The summed E-state index contributed by atoms with van der Waals surface area (Å²) in [6.07, 6.45) is 0. The molecule has 0 N–H and O–H groups in total. The van der Waals surface area contributed by atoms with E-state index in [9.17, 15) is 0 Å². The summed E-state index contributed by atoms with van der Waals surface area (Å²) >= 11 is 0. The molecule has 0 aliphatic carbocycles. The Bertz CT molecular complexity index is 663. The van der Waals surface area contributed by atoms with Crippen LogP contribution in [0.25, 0.3) is 21.8 Å². The molecular formula is C15H13NO2. The minimum Gasteiger partial charge on any atom is -0.497 e. The van der Waals surface area contributed by atoms with Crippen LogP contribution < -0.4 is 9.47 Å². The van der Waals surface area contributed by atoms with Gasteiger partial charge in [-0.2, -0.15) is 0 Å². The molecule has 0 radical (unpaired) electrons. The Morgan fingerprint density at radius 1 is 0.722 bits per heavy atom. The van der Waals surface area contributed by atoms with Crippen LogP contribution in [0.1, 0.15) is 0 Å². The van der Waals surface area contributed by atoms with E-state index >= 15 is 0 Å². The first-order valence-electron chi connectivity index (χ1n) is 5.73. The number of ether oxygens (including phenoxy) is 2. The number of hydrogen-bond donors (Lipinski definition) is 0. The minimum absolute atomic E-state index is 0.839. The van der Waals surface area contributed by atoms with Crippen LogP contribution in [0.5, 0.6) is 11.5 Å². The molecule has 3 aromatic rings. The fraction of sp³-hybridized carbons (Fsp3) is 0.133. The average Bonchev–Trinajstić information content (AvgIpc) is 2.43. The van der Waals surface area contributed by atoms with E-state index in [1.807, 2.05) is 36.4 Å². The van der Waals surface area contributed by atoms with Gasteiger partial charge in [-0.3, -0.25) is 0 Å². The first-order chi connectivity index (χ1) is 8.80. The normalized spacial score (nSPS) is 10.8. The summed E-state index contributed by atoms with van der Waals surface area (Å²) in [5, 5.41) is 2.13. The Balaban J connectivity index is 2.29. The van der Waals surface area contributed by atoms with Crippen molar-refractivity contribution in [3.63, 3.8) is 0 Å². The van der Waals surface area contributed by atoms with Crippen molar-refractivity contribution in [3.8, 4) is 11.5 Å². The maximum atomic E-state index is 5.23. The summed E-state index contributed by atoms with van der Waals surface area (Å²) in [6.45, 7) is 0. The van der Waals surface area contributed by atoms with Gasteiger partial charge >= 0.3 is 0 Å². The largest absolute Gasteiger partial charge is 0.497 e. The van der Waals surface area contributed by atoms with Gasteiger partial charge < -0.3 is 9.47 Å². The zero-order valence-electron chi connectivity index (χ0n) is 10.3. The van der Waals surface area contributed by atoms with Gasteiger partial charge in [-0.25, -0.2) is 4.98 Å². The van der Waals surface area contributed by atoms with E-state index in [1.165, 1.54) is 0 Å².